The molecule has 0 radical (unpaired) electrons. The standard InChI is InChI=1S/C21H23N3O2/c1-24(15-18-6-4-3-5-7-18)16-19(14-22)21(25)23-13-12-17-8-10-20(26-2)11-9-17/h3-11,16H,12-13,15H2,1-2H3,(H,23,25)/b19-16-. The van der Waals surface area contributed by atoms with E-state index in [0.29, 0.717) is 19.5 Å². The van der Waals surface area contributed by atoms with Gasteiger partial charge in [0.15, 0.2) is 0 Å². The van der Waals surface area contributed by atoms with Crippen LogP contribution in [0, 0.1) is 11.3 Å². The molecular formula is C21H23N3O2. The molecule has 0 aromatic heterocycles. The molecule has 2 aromatic rings. The maximum absolute atomic E-state index is 12.2. The SMILES string of the molecule is COc1ccc(CCNC(=O)/C(C#N)=C\N(C)Cc2ccccc2)cc1. The third-order valence-electron chi connectivity index (χ3n) is 3.85. The minimum absolute atomic E-state index is 0.0955. The normalized spacial score (nSPS) is 10.7. The van der Waals surface area contributed by atoms with E-state index < -0.39 is 0 Å². The Hall–Kier alpha value is -3.26. The first-order chi connectivity index (χ1) is 12.6. The number of hydrogen-bond donors (Lipinski definition) is 1. The lowest BCUT2D eigenvalue weighted by molar-refractivity contribution is -0.117. The molecular weight excluding hydrogens is 326 g/mol. The van der Waals surface area contributed by atoms with Crippen LogP contribution in [0.2, 0.25) is 0 Å². The number of benzene rings is 2. The van der Waals surface area contributed by atoms with Crippen molar-refractivity contribution in [2.45, 2.75) is 13.0 Å². The number of methoxy groups -OCH3 is 1. The molecule has 1 N–H and O–H groups in total. The van der Waals surface area contributed by atoms with Crippen LogP contribution in [0.3, 0.4) is 0 Å². The summed E-state index contributed by atoms with van der Waals surface area (Å²) in [7, 11) is 3.47. The van der Waals surface area contributed by atoms with Gasteiger partial charge in [-0.25, -0.2) is 0 Å². The molecule has 2 rings (SSSR count). The maximum atomic E-state index is 12.2. The monoisotopic (exact) mass is 349 g/mol. The molecule has 1 amide bonds. The second-order valence-electron chi connectivity index (χ2n) is 5.91. The van der Waals surface area contributed by atoms with Gasteiger partial charge >= 0.3 is 0 Å². The molecule has 0 aliphatic carbocycles. The molecule has 0 heterocycles. The van der Waals surface area contributed by atoms with Gasteiger partial charge in [-0.15, -0.1) is 0 Å². The zero-order chi connectivity index (χ0) is 18.8. The number of amides is 1. The fourth-order valence-electron chi connectivity index (χ4n) is 2.48. The molecule has 0 saturated heterocycles. The van der Waals surface area contributed by atoms with Crippen molar-refractivity contribution in [2.24, 2.45) is 0 Å². The summed E-state index contributed by atoms with van der Waals surface area (Å²) >= 11 is 0. The molecule has 5 nitrogen and oxygen atoms in total. The van der Waals surface area contributed by atoms with E-state index in [2.05, 4.69) is 5.32 Å². The zero-order valence-corrected chi connectivity index (χ0v) is 15.1. The van der Waals surface area contributed by atoms with Crippen LogP contribution in [0.5, 0.6) is 5.75 Å². The van der Waals surface area contributed by atoms with Crippen molar-refractivity contribution in [3.63, 3.8) is 0 Å². The molecule has 0 spiro atoms. The van der Waals surface area contributed by atoms with Gasteiger partial charge in [0.05, 0.1) is 7.11 Å². The number of ether oxygens (including phenoxy) is 1. The van der Waals surface area contributed by atoms with E-state index in [4.69, 9.17) is 4.74 Å². The number of nitriles is 1. The Balaban J connectivity index is 1.85. The van der Waals surface area contributed by atoms with Crippen molar-refractivity contribution in [1.29, 1.82) is 5.26 Å². The van der Waals surface area contributed by atoms with Gasteiger partial charge in [0, 0.05) is 26.3 Å². The summed E-state index contributed by atoms with van der Waals surface area (Å²) in [5.41, 5.74) is 2.30. The number of rotatable bonds is 8. The van der Waals surface area contributed by atoms with Crippen LogP contribution in [-0.2, 0) is 17.8 Å². The highest BCUT2D eigenvalue weighted by Crippen LogP contribution is 2.11. The van der Waals surface area contributed by atoms with Crippen molar-refractivity contribution in [3.05, 3.63) is 77.5 Å². The van der Waals surface area contributed by atoms with E-state index >= 15 is 0 Å². The van der Waals surface area contributed by atoms with Crippen LogP contribution in [0.4, 0.5) is 0 Å². The fourth-order valence-corrected chi connectivity index (χ4v) is 2.48. The third-order valence-corrected chi connectivity index (χ3v) is 3.85. The van der Waals surface area contributed by atoms with E-state index in [0.717, 1.165) is 16.9 Å². The predicted octanol–water partition coefficient (Wildman–Crippen LogP) is 2.89. The average molecular weight is 349 g/mol. The molecule has 5 heteroatoms. The average Bonchev–Trinajstić information content (AvgIpc) is 2.67. The molecule has 26 heavy (non-hydrogen) atoms. The van der Waals surface area contributed by atoms with Crippen LogP contribution >= 0.6 is 0 Å². The first-order valence-corrected chi connectivity index (χ1v) is 8.39. The maximum Gasteiger partial charge on any atom is 0.263 e. The van der Waals surface area contributed by atoms with Crippen LogP contribution in [0.25, 0.3) is 0 Å². The summed E-state index contributed by atoms with van der Waals surface area (Å²) in [5.74, 6) is 0.440. The van der Waals surface area contributed by atoms with Crippen molar-refractivity contribution in [1.82, 2.24) is 10.2 Å². The van der Waals surface area contributed by atoms with Crippen LogP contribution < -0.4 is 10.1 Å². The molecule has 0 unspecified atom stereocenters. The predicted molar refractivity (Wildman–Crippen MR) is 101 cm³/mol. The molecule has 0 fully saturated rings. The van der Waals surface area contributed by atoms with Gasteiger partial charge in [-0.05, 0) is 29.7 Å². The van der Waals surface area contributed by atoms with Gasteiger partial charge in [-0.1, -0.05) is 42.5 Å². The van der Waals surface area contributed by atoms with Crippen molar-refractivity contribution in [3.8, 4) is 11.8 Å². The lowest BCUT2D eigenvalue weighted by atomic mass is 10.1. The van der Waals surface area contributed by atoms with Gasteiger partial charge < -0.3 is 15.0 Å². The van der Waals surface area contributed by atoms with E-state index in [-0.39, 0.29) is 11.5 Å². The Labute approximate surface area is 154 Å². The summed E-state index contributed by atoms with van der Waals surface area (Å²) in [6.45, 7) is 1.09. The van der Waals surface area contributed by atoms with Crippen LogP contribution in [0.1, 0.15) is 11.1 Å². The lowest BCUT2D eigenvalue weighted by Crippen LogP contribution is -2.28. The molecule has 0 saturated carbocycles. The first-order valence-electron chi connectivity index (χ1n) is 8.39. The van der Waals surface area contributed by atoms with Crippen molar-refractivity contribution < 1.29 is 9.53 Å². The van der Waals surface area contributed by atoms with E-state index in [1.165, 1.54) is 0 Å². The number of carbonyl (C=O) groups excluding carboxylic acids is 1. The third kappa shape index (κ3) is 5.99. The summed E-state index contributed by atoms with van der Waals surface area (Å²) in [6.07, 6.45) is 2.27. The minimum Gasteiger partial charge on any atom is -0.497 e. The Morgan fingerprint density at radius 3 is 2.46 bits per heavy atom. The molecule has 0 aliphatic rings. The number of nitrogens with zero attached hydrogens (tertiary/aromatic N) is 2. The van der Waals surface area contributed by atoms with Crippen LogP contribution in [0.15, 0.2) is 66.4 Å². The molecule has 134 valence electrons. The van der Waals surface area contributed by atoms with E-state index in [9.17, 15) is 10.1 Å². The number of nitrogens with one attached hydrogen (secondary N) is 1. The van der Waals surface area contributed by atoms with E-state index in [1.807, 2.05) is 72.6 Å². The van der Waals surface area contributed by atoms with Gasteiger partial charge in [-0.3, -0.25) is 4.79 Å². The summed E-state index contributed by atoms with van der Waals surface area (Å²) in [5, 5.41) is 12.1. The highest BCUT2D eigenvalue weighted by molar-refractivity contribution is 5.97. The minimum atomic E-state index is -0.360. The quantitative estimate of drug-likeness (QED) is 0.588. The Morgan fingerprint density at radius 2 is 1.85 bits per heavy atom. The number of carbonyl (C=O) groups is 1. The Bertz CT molecular complexity index is 777. The highest BCUT2D eigenvalue weighted by Gasteiger charge is 2.09. The van der Waals surface area contributed by atoms with Gasteiger partial charge in [0.25, 0.3) is 5.91 Å². The molecule has 0 atom stereocenters. The fraction of sp³-hybridized carbons (Fsp3) is 0.238. The zero-order valence-electron chi connectivity index (χ0n) is 15.1. The Kier molecular flexibility index (Phi) is 7.26. The van der Waals surface area contributed by atoms with E-state index in [1.54, 1.807) is 13.3 Å². The number of hydrogen-bond acceptors (Lipinski definition) is 4. The summed E-state index contributed by atoms with van der Waals surface area (Å²) in [4.78, 5) is 14.0. The van der Waals surface area contributed by atoms with Gasteiger partial charge in [0.1, 0.15) is 17.4 Å². The van der Waals surface area contributed by atoms with Crippen molar-refractivity contribution in [2.75, 3.05) is 20.7 Å². The van der Waals surface area contributed by atoms with Crippen molar-refractivity contribution >= 4 is 5.91 Å². The second-order valence-corrected chi connectivity index (χ2v) is 5.91. The molecule has 0 bridgehead atoms. The first kappa shape index (κ1) is 19.1. The Morgan fingerprint density at radius 1 is 1.15 bits per heavy atom. The molecule has 2 aromatic carbocycles. The topological polar surface area (TPSA) is 65.4 Å². The second kappa shape index (κ2) is 9.90. The van der Waals surface area contributed by atoms with Gasteiger partial charge in [0.2, 0.25) is 0 Å². The van der Waals surface area contributed by atoms with Crippen LogP contribution in [-0.4, -0.2) is 31.5 Å². The smallest absolute Gasteiger partial charge is 0.263 e. The summed E-state index contributed by atoms with van der Waals surface area (Å²) in [6, 6.07) is 19.5. The molecule has 0 aliphatic heterocycles. The summed E-state index contributed by atoms with van der Waals surface area (Å²) < 4.78 is 5.12. The highest BCUT2D eigenvalue weighted by atomic mass is 16.5. The largest absolute Gasteiger partial charge is 0.497 e. The van der Waals surface area contributed by atoms with Gasteiger partial charge in [-0.2, -0.15) is 5.26 Å². The lowest BCUT2D eigenvalue weighted by Gasteiger charge is -2.15.